The Morgan fingerprint density at radius 2 is 1.74 bits per heavy atom. The number of nitrogens with two attached hydrogens (primary N) is 1. The summed E-state index contributed by atoms with van der Waals surface area (Å²) >= 11 is 0. The molecule has 0 saturated carbocycles. The number of primary amides is 1. The fraction of sp³-hybridized carbons (Fsp3) is 0.188. The average molecular weight is 315 g/mol. The minimum absolute atomic E-state index is 0.0680. The number of benzene rings is 1. The number of hydrogen-bond donors (Lipinski definition) is 2. The number of ether oxygens (including phenoxy) is 1. The van der Waals surface area contributed by atoms with Crippen molar-refractivity contribution < 1.29 is 19.4 Å². The molecule has 1 heterocycles. The predicted octanol–water partition coefficient (Wildman–Crippen LogP) is 2.40. The van der Waals surface area contributed by atoms with E-state index in [1.165, 1.54) is 4.90 Å². The third-order valence-electron chi connectivity index (χ3n) is 3.16. The second kappa shape index (κ2) is 7.26. The molecule has 0 aliphatic carbocycles. The Labute approximate surface area is 133 Å². The molecule has 1 atom stereocenters. The molecule has 7 heteroatoms. The van der Waals surface area contributed by atoms with Gasteiger partial charge in [-0.1, -0.05) is 0 Å². The molecule has 0 spiro atoms. The van der Waals surface area contributed by atoms with E-state index in [1.54, 1.807) is 55.7 Å². The van der Waals surface area contributed by atoms with Crippen LogP contribution >= 0.6 is 0 Å². The number of amides is 2. The van der Waals surface area contributed by atoms with Crippen molar-refractivity contribution >= 4 is 23.4 Å². The van der Waals surface area contributed by atoms with Crippen LogP contribution in [0, 0.1) is 5.92 Å². The molecule has 1 unspecified atom stereocenters. The first kappa shape index (κ1) is 16.3. The van der Waals surface area contributed by atoms with Crippen molar-refractivity contribution in [2.45, 2.75) is 6.92 Å². The summed E-state index contributed by atoms with van der Waals surface area (Å²) < 4.78 is 5.40. The zero-order valence-electron chi connectivity index (χ0n) is 12.5. The number of carboxylic acids is 1. The quantitative estimate of drug-likeness (QED) is 0.851. The fourth-order valence-electron chi connectivity index (χ4n) is 1.88. The summed E-state index contributed by atoms with van der Waals surface area (Å²) in [5.74, 6) is -1.01. The number of carbonyl (C=O) groups excluding carboxylic acids is 1. The van der Waals surface area contributed by atoms with Gasteiger partial charge in [-0.25, -0.2) is 4.79 Å². The molecule has 120 valence electrons. The van der Waals surface area contributed by atoms with Crippen LogP contribution in [0.4, 0.5) is 16.2 Å². The SMILES string of the molecule is CC(COc1ccc(N(C(N)=O)c2ccncc2)cc1)C(=O)O. The minimum Gasteiger partial charge on any atom is -0.493 e. The van der Waals surface area contributed by atoms with E-state index in [0.717, 1.165) is 0 Å². The van der Waals surface area contributed by atoms with Gasteiger partial charge in [0.15, 0.2) is 0 Å². The van der Waals surface area contributed by atoms with Gasteiger partial charge in [0.2, 0.25) is 0 Å². The van der Waals surface area contributed by atoms with Gasteiger partial charge in [0.25, 0.3) is 0 Å². The topological polar surface area (TPSA) is 106 Å². The lowest BCUT2D eigenvalue weighted by molar-refractivity contribution is -0.142. The number of nitrogens with zero attached hydrogens (tertiary/aromatic N) is 2. The molecule has 2 rings (SSSR count). The van der Waals surface area contributed by atoms with Gasteiger partial charge in [-0.05, 0) is 43.3 Å². The van der Waals surface area contributed by atoms with Gasteiger partial charge in [-0.15, -0.1) is 0 Å². The van der Waals surface area contributed by atoms with E-state index < -0.39 is 17.9 Å². The number of aromatic nitrogens is 1. The van der Waals surface area contributed by atoms with Crippen molar-refractivity contribution in [2.24, 2.45) is 11.7 Å². The Kier molecular flexibility index (Phi) is 5.14. The summed E-state index contributed by atoms with van der Waals surface area (Å²) in [6.07, 6.45) is 3.13. The van der Waals surface area contributed by atoms with Crippen LogP contribution in [0.3, 0.4) is 0 Å². The lowest BCUT2D eigenvalue weighted by atomic mass is 10.2. The van der Waals surface area contributed by atoms with Gasteiger partial charge in [-0.3, -0.25) is 14.7 Å². The maximum absolute atomic E-state index is 11.7. The summed E-state index contributed by atoms with van der Waals surface area (Å²) in [6.45, 7) is 1.63. The number of rotatable bonds is 6. The van der Waals surface area contributed by atoms with Crippen LogP contribution in [0.5, 0.6) is 5.75 Å². The maximum atomic E-state index is 11.7. The van der Waals surface area contributed by atoms with Crippen LogP contribution in [-0.4, -0.2) is 28.7 Å². The highest BCUT2D eigenvalue weighted by molar-refractivity contribution is 5.98. The van der Waals surface area contributed by atoms with Crippen molar-refractivity contribution in [1.29, 1.82) is 0 Å². The molecular weight excluding hydrogens is 298 g/mol. The number of aliphatic carboxylic acids is 1. The second-order valence-electron chi connectivity index (χ2n) is 4.92. The molecule has 3 N–H and O–H groups in total. The Morgan fingerprint density at radius 3 is 2.26 bits per heavy atom. The highest BCUT2D eigenvalue weighted by atomic mass is 16.5. The summed E-state index contributed by atoms with van der Waals surface area (Å²) in [4.78, 5) is 27.7. The largest absolute Gasteiger partial charge is 0.493 e. The van der Waals surface area contributed by atoms with E-state index in [4.69, 9.17) is 15.6 Å². The highest BCUT2D eigenvalue weighted by Gasteiger charge is 2.15. The first-order chi connectivity index (χ1) is 11.0. The van der Waals surface area contributed by atoms with Gasteiger partial charge in [0.05, 0.1) is 17.3 Å². The Morgan fingerprint density at radius 1 is 1.17 bits per heavy atom. The molecule has 23 heavy (non-hydrogen) atoms. The van der Waals surface area contributed by atoms with Crippen molar-refractivity contribution in [3.05, 3.63) is 48.8 Å². The van der Waals surface area contributed by atoms with Crippen LogP contribution in [-0.2, 0) is 4.79 Å². The van der Waals surface area contributed by atoms with Gasteiger partial charge in [-0.2, -0.15) is 0 Å². The Hall–Kier alpha value is -3.09. The third-order valence-corrected chi connectivity index (χ3v) is 3.16. The lowest BCUT2D eigenvalue weighted by Gasteiger charge is -2.20. The average Bonchev–Trinajstić information content (AvgIpc) is 2.54. The third kappa shape index (κ3) is 4.19. The molecule has 1 aromatic carbocycles. The standard InChI is InChI=1S/C16H17N3O4/c1-11(15(20)21)10-23-14-4-2-12(3-5-14)19(16(17)22)13-6-8-18-9-7-13/h2-9,11H,10H2,1H3,(H2,17,22)(H,20,21). The number of carbonyl (C=O) groups is 2. The van der Waals surface area contributed by atoms with Crippen LogP contribution in [0.2, 0.25) is 0 Å². The first-order valence-electron chi connectivity index (χ1n) is 6.94. The Balaban J connectivity index is 2.14. The molecule has 0 aliphatic rings. The van der Waals surface area contributed by atoms with Crippen LogP contribution < -0.4 is 15.4 Å². The number of hydrogen-bond acceptors (Lipinski definition) is 4. The summed E-state index contributed by atoms with van der Waals surface area (Å²) in [7, 11) is 0. The minimum atomic E-state index is -0.917. The molecule has 0 radical (unpaired) electrons. The number of carboxylic acid groups (broad SMARTS) is 1. The monoisotopic (exact) mass is 315 g/mol. The molecule has 2 amide bonds. The molecular formula is C16H17N3O4. The molecule has 0 bridgehead atoms. The maximum Gasteiger partial charge on any atom is 0.323 e. The van der Waals surface area contributed by atoms with E-state index in [0.29, 0.717) is 17.1 Å². The molecule has 0 aliphatic heterocycles. The zero-order valence-corrected chi connectivity index (χ0v) is 12.5. The van der Waals surface area contributed by atoms with Crippen molar-refractivity contribution in [2.75, 3.05) is 11.5 Å². The predicted molar refractivity (Wildman–Crippen MR) is 84.7 cm³/mol. The zero-order chi connectivity index (χ0) is 16.8. The van der Waals surface area contributed by atoms with Crippen LogP contribution in [0.25, 0.3) is 0 Å². The molecule has 0 saturated heterocycles. The molecule has 2 aromatic rings. The Bertz CT molecular complexity index is 673. The van der Waals surface area contributed by atoms with E-state index in [2.05, 4.69) is 4.98 Å². The number of anilines is 2. The van der Waals surface area contributed by atoms with Crippen LogP contribution in [0.15, 0.2) is 48.8 Å². The van der Waals surface area contributed by atoms with E-state index in [9.17, 15) is 9.59 Å². The summed E-state index contributed by atoms with van der Waals surface area (Å²) in [6, 6.07) is 9.37. The molecule has 7 nitrogen and oxygen atoms in total. The van der Waals surface area contributed by atoms with Gasteiger partial charge in [0.1, 0.15) is 12.4 Å². The summed E-state index contributed by atoms with van der Waals surface area (Å²) in [5, 5.41) is 8.82. The van der Waals surface area contributed by atoms with Crippen molar-refractivity contribution in [3.63, 3.8) is 0 Å². The number of pyridine rings is 1. The van der Waals surface area contributed by atoms with E-state index in [1.807, 2.05) is 0 Å². The highest BCUT2D eigenvalue weighted by Crippen LogP contribution is 2.26. The van der Waals surface area contributed by atoms with Gasteiger partial charge >= 0.3 is 12.0 Å². The smallest absolute Gasteiger partial charge is 0.323 e. The molecule has 1 aromatic heterocycles. The normalized spacial score (nSPS) is 11.5. The van der Waals surface area contributed by atoms with Gasteiger partial charge in [0, 0.05) is 12.4 Å². The fourth-order valence-corrected chi connectivity index (χ4v) is 1.88. The summed E-state index contributed by atoms with van der Waals surface area (Å²) in [5.41, 5.74) is 6.61. The van der Waals surface area contributed by atoms with E-state index in [-0.39, 0.29) is 6.61 Å². The number of urea groups is 1. The van der Waals surface area contributed by atoms with Gasteiger partial charge < -0.3 is 15.6 Å². The van der Waals surface area contributed by atoms with E-state index >= 15 is 0 Å². The van der Waals surface area contributed by atoms with Crippen molar-refractivity contribution in [1.82, 2.24) is 4.98 Å². The second-order valence-corrected chi connectivity index (χ2v) is 4.92. The first-order valence-corrected chi connectivity index (χ1v) is 6.94. The van der Waals surface area contributed by atoms with Crippen molar-refractivity contribution in [3.8, 4) is 5.75 Å². The van der Waals surface area contributed by atoms with Crippen LogP contribution in [0.1, 0.15) is 6.92 Å². The lowest BCUT2D eigenvalue weighted by Crippen LogP contribution is -2.31. The molecule has 0 fully saturated rings.